The zero-order chi connectivity index (χ0) is 22.3. The van der Waals surface area contributed by atoms with E-state index in [-0.39, 0.29) is 35.2 Å². The van der Waals surface area contributed by atoms with Gasteiger partial charge in [0, 0.05) is 36.6 Å². The maximum Gasteiger partial charge on any atom is 0.419 e. The van der Waals surface area contributed by atoms with Gasteiger partial charge in [0.2, 0.25) is 15.9 Å². The number of fused-ring (bicyclic) bond motifs is 1. The second kappa shape index (κ2) is 8.21. The summed E-state index contributed by atoms with van der Waals surface area (Å²) in [6.45, 7) is 0.306. The number of carbonyl (C=O) groups excluding carboxylic acids is 1. The Balaban J connectivity index is 1.45. The van der Waals surface area contributed by atoms with E-state index in [9.17, 15) is 22.4 Å². The molecular formula is C20H19BrFN3O5S. The molecule has 1 N–H and O–H groups in total. The summed E-state index contributed by atoms with van der Waals surface area (Å²) in [4.78, 5) is 24.2. The molecule has 1 saturated heterocycles. The molecule has 0 unspecified atom stereocenters. The lowest BCUT2D eigenvalue weighted by molar-refractivity contribution is -0.120. The van der Waals surface area contributed by atoms with Gasteiger partial charge in [-0.15, -0.1) is 0 Å². The van der Waals surface area contributed by atoms with Crippen molar-refractivity contribution in [3.8, 4) is 0 Å². The third-order valence-electron chi connectivity index (χ3n) is 5.42. The molecule has 1 aromatic heterocycles. The van der Waals surface area contributed by atoms with Gasteiger partial charge in [0.25, 0.3) is 0 Å². The number of halogens is 2. The Hall–Kier alpha value is -2.50. The molecule has 0 aliphatic carbocycles. The van der Waals surface area contributed by atoms with E-state index in [1.54, 1.807) is 6.07 Å². The van der Waals surface area contributed by atoms with Crippen LogP contribution in [0.4, 0.5) is 10.1 Å². The first kappa shape index (κ1) is 21.7. The van der Waals surface area contributed by atoms with Crippen LogP contribution >= 0.6 is 15.9 Å². The van der Waals surface area contributed by atoms with E-state index in [1.165, 1.54) is 46.3 Å². The average molecular weight is 512 g/mol. The first-order valence-electron chi connectivity index (χ1n) is 9.52. The summed E-state index contributed by atoms with van der Waals surface area (Å²) in [5.41, 5.74) is 0.778. The first-order chi connectivity index (χ1) is 14.7. The van der Waals surface area contributed by atoms with Crippen molar-refractivity contribution in [1.82, 2.24) is 8.87 Å². The van der Waals surface area contributed by atoms with Gasteiger partial charge in [-0.25, -0.2) is 17.6 Å². The lowest BCUT2D eigenvalue weighted by Crippen LogP contribution is -2.41. The van der Waals surface area contributed by atoms with Crippen molar-refractivity contribution in [2.24, 2.45) is 13.0 Å². The van der Waals surface area contributed by atoms with E-state index < -0.39 is 27.5 Å². The molecular weight excluding hydrogens is 493 g/mol. The van der Waals surface area contributed by atoms with Crippen molar-refractivity contribution in [3.05, 3.63) is 57.2 Å². The molecule has 31 heavy (non-hydrogen) atoms. The number of nitrogens with zero attached hydrogens (tertiary/aromatic N) is 2. The van der Waals surface area contributed by atoms with Crippen molar-refractivity contribution in [2.75, 3.05) is 18.4 Å². The maximum absolute atomic E-state index is 14.0. The Morgan fingerprint density at radius 1 is 1.19 bits per heavy atom. The minimum atomic E-state index is -3.81. The van der Waals surface area contributed by atoms with Crippen LogP contribution in [0.1, 0.15) is 12.8 Å². The summed E-state index contributed by atoms with van der Waals surface area (Å²) in [7, 11) is -2.27. The van der Waals surface area contributed by atoms with Crippen molar-refractivity contribution in [1.29, 1.82) is 0 Å². The van der Waals surface area contributed by atoms with Gasteiger partial charge >= 0.3 is 5.76 Å². The van der Waals surface area contributed by atoms with E-state index >= 15 is 0 Å². The summed E-state index contributed by atoms with van der Waals surface area (Å²) in [6, 6.07) is 8.65. The van der Waals surface area contributed by atoms with E-state index in [1.807, 2.05) is 0 Å². The minimum Gasteiger partial charge on any atom is -0.408 e. The number of aryl methyl sites for hydroxylation is 1. The Morgan fingerprint density at radius 3 is 2.58 bits per heavy atom. The molecule has 0 atom stereocenters. The topological polar surface area (TPSA) is 102 Å². The fourth-order valence-corrected chi connectivity index (χ4v) is 5.43. The third kappa shape index (κ3) is 4.17. The van der Waals surface area contributed by atoms with Crippen molar-refractivity contribution in [2.45, 2.75) is 17.7 Å². The van der Waals surface area contributed by atoms with Gasteiger partial charge in [0.05, 0.1) is 16.1 Å². The van der Waals surface area contributed by atoms with Gasteiger partial charge in [0.1, 0.15) is 5.82 Å². The Labute approximate surface area is 185 Å². The number of hydrogen-bond acceptors (Lipinski definition) is 5. The molecule has 2 aromatic carbocycles. The highest BCUT2D eigenvalue weighted by Crippen LogP contribution is 2.27. The molecule has 0 saturated carbocycles. The van der Waals surface area contributed by atoms with Gasteiger partial charge in [-0.2, -0.15) is 4.31 Å². The number of piperidine rings is 1. The predicted octanol–water partition coefficient (Wildman–Crippen LogP) is 3.07. The lowest BCUT2D eigenvalue weighted by atomic mass is 9.97. The molecule has 164 valence electrons. The fourth-order valence-electron chi connectivity index (χ4n) is 3.61. The third-order valence-corrected chi connectivity index (χ3v) is 7.80. The van der Waals surface area contributed by atoms with Crippen molar-refractivity contribution < 1.29 is 22.0 Å². The Morgan fingerprint density at radius 2 is 1.90 bits per heavy atom. The maximum atomic E-state index is 14.0. The van der Waals surface area contributed by atoms with Gasteiger partial charge in [-0.3, -0.25) is 9.36 Å². The molecule has 4 rings (SSSR count). The first-order valence-corrected chi connectivity index (χ1v) is 11.8. The van der Waals surface area contributed by atoms with E-state index in [4.69, 9.17) is 4.42 Å². The average Bonchev–Trinajstić information content (AvgIpc) is 3.03. The number of nitrogens with one attached hydrogen (secondary N) is 1. The van der Waals surface area contributed by atoms with Crippen LogP contribution in [0, 0.1) is 11.7 Å². The van der Waals surface area contributed by atoms with Crippen LogP contribution in [0.3, 0.4) is 0 Å². The van der Waals surface area contributed by atoms with Crippen molar-refractivity contribution >= 4 is 48.6 Å². The number of aromatic nitrogens is 1. The second-order valence-electron chi connectivity index (χ2n) is 7.35. The van der Waals surface area contributed by atoms with Gasteiger partial charge in [-0.05, 0) is 43.2 Å². The van der Waals surface area contributed by atoms with E-state index in [2.05, 4.69) is 21.2 Å². The SMILES string of the molecule is Cn1c(=O)oc2cc(S(=O)(=O)N3CCC(C(=O)Nc4ccc(Br)cc4F)CC3)ccc21. The van der Waals surface area contributed by atoms with Crippen LogP contribution in [0.15, 0.2) is 55.0 Å². The standard InChI is InChI=1S/C20H19BrFN3O5S/c1-24-17-5-3-14(11-18(17)30-20(24)27)31(28,29)25-8-6-12(7-9-25)19(26)23-16-4-2-13(21)10-15(16)22/h2-5,10-12H,6-9H2,1H3,(H,23,26). The predicted molar refractivity (Wildman–Crippen MR) is 116 cm³/mol. The minimum absolute atomic E-state index is 0.0224. The number of sulfonamides is 1. The Kier molecular flexibility index (Phi) is 5.75. The molecule has 0 spiro atoms. The number of hydrogen-bond donors (Lipinski definition) is 1. The highest BCUT2D eigenvalue weighted by molar-refractivity contribution is 9.10. The number of anilines is 1. The van der Waals surface area contributed by atoms with Crippen molar-refractivity contribution in [3.63, 3.8) is 0 Å². The van der Waals surface area contributed by atoms with Crippen LogP contribution in [-0.2, 0) is 21.9 Å². The van der Waals surface area contributed by atoms with Gasteiger partial charge < -0.3 is 9.73 Å². The number of oxazole rings is 1. The summed E-state index contributed by atoms with van der Waals surface area (Å²) in [5.74, 6) is -1.89. The molecule has 3 aromatic rings. The van der Waals surface area contributed by atoms with Crippen LogP contribution in [0.25, 0.3) is 11.1 Å². The second-order valence-corrected chi connectivity index (χ2v) is 10.2. The molecule has 8 nitrogen and oxygen atoms in total. The quantitative estimate of drug-likeness (QED) is 0.579. The summed E-state index contributed by atoms with van der Waals surface area (Å²) < 4.78 is 48.2. The molecule has 0 radical (unpaired) electrons. The normalized spacial score (nSPS) is 16.0. The monoisotopic (exact) mass is 511 g/mol. The smallest absolute Gasteiger partial charge is 0.408 e. The number of benzene rings is 2. The molecule has 1 aliphatic rings. The molecule has 0 bridgehead atoms. The molecule has 11 heteroatoms. The van der Waals surface area contributed by atoms with E-state index in [0.717, 1.165) is 0 Å². The molecule has 1 amide bonds. The fraction of sp³-hybridized carbons (Fsp3) is 0.300. The molecule has 1 fully saturated rings. The highest BCUT2D eigenvalue weighted by atomic mass is 79.9. The Bertz CT molecular complexity index is 1330. The summed E-state index contributed by atoms with van der Waals surface area (Å²) >= 11 is 3.16. The molecule has 2 heterocycles. The zero-order valence-corrected chi connectivity index (χ0v) is 18.9. The van der Waals surface area contributed by atoms with Crippen LogP contribution in [-0.4, -0.2) is 36.3 Å². The summed E-state index contributed by atoms with van der Waals surface area (Å²) in [6.07, 6.45) is 0.623. The molecule has 1 aliphatic heterocycles. The van der Waals surface area contributed by atoms with Gasteiger partial charge in [0.15, 0.2) is 5.58 Å². The van der Waals surface area contributed by atoms with E-state index in [0.29, 0.717) is 22.8 Å². The lowest BCUT2D eigenvalue weighted by Gasteiger charge is -2.30. The number of carbonyl (C=O) groups is 1. The zero-order valence-electron chi connectivity index (χ0n) is 16.5. The van der Waals surface area contributed by atoms with Crippen LogP contribution < -0.4 is 11.1 Å². The number of amides is 1. The summed E-state index contributed by atoms with van der Waals surface area (Å²) in [5, 5.41) is 2.57. The largest absolute Gasteiger partial charge is 0.419 e. The van der Waals surface area contributed by atoms with Crippen LogP contribution in [0.2, 0.25) is 0 Å². The van der Waals surface area contributed by atoms with Crippen LogP contribution in [0.5, 0.6) is 0 Å². The number of rotatable bonds is 4. The van der Waals surface area contributed by atoms with Gasteiger partial charge in [-0.1, -0.05) is 15.9 Å². The highest BCUT2D eigenvalue weighted by Gasteiger charge is 2.32.